The summed E-state index contributed by atoms with van der Waals surface area (Å²) in [5.74, 6) is -3.99. The van der Waals surface area contributed by atoms with E-state index >= 15 is 4.39 Å². The van der Waals surface area contributed by atoms with Crippen molar-refractivity contribution >= 4 is 5.91 Å². The van der Waals surface area contributed by atoms with E-state index in [1.54, 1.807) is 0 Å². The largest absolute Gasteiger partial charge is 0.374 e. The molecule has 48 heavy (non-hydrogen) atoms. The van der Waals surface area contributed by atoms with E-state index < -0.39 is 42.3 Å². The van der Waals surface area contributed by atoms with Gasteiger partial charge in [-0.15, -0.1) is 0 Å². The second-order valence-corrected chi connectivity index (χ2v) is 11.5. The number of carbonyl (C=O) groups excluding carboxylic acids is 1. The molecule has 1 N–H and O–H groups in total. The van der Waals surface area contributed by atoms with Gasteiger partial charge in [-0.1, -0.05) is 121 Å². The van der Waals surface area contributed by atoms with E-state index in [1.807, 2.05) is 121 Å². The Morgan fingerprint density at radius 2 is 1.15 bits per heavy atom. The molecule has 1 unspecified atom stereocenters. The minimum atomic E-state index is -2.83. The van der Waals surface area contributed by atoms with Crippen LogP contribution in [0.1, 0.15) is 22.3 Å². The predicted octanol–water partition coefficient (Wildman–Crippen LogP) is 5.40. The van der Waals surface area contributed by atoms with Gasteiger partial charge in [0.15, 0.2) is 0 Å². The fourth-order valence-corrected chi connectivity index (χ4v) is 5.51. The van der Waals surface area contributed by atoms with Crippen LogP contribution in [0.2, 0.25) is 0 Å². The molecular weight excluding hydrogens is 617 g/mol. The van der Waals surface area contributed by atoms with Crippen molar-refractivity contribution < 1.29 is 42.8 Å². The molecule has 4 aromatic carbocycles. The average Bonchev–Trinajstić information content (AvgIpc) is 3.13. The SMILES string of the molecule is CON(C)C(=O)C(F)[C@]1(O)O[C@H](COCc2ccccc2)[C@H](OCc2ccccc2)[C@H](OCc2ccccc2)[C@H]1OCc1ccccc1. The average molecular weight is 660 g/mol. The topological polar surface area (TPSA) is 95.9 Å². The third-order valence-corrected chi connectivity index (χ3v) is 8.14. The Kier molecular flexibility index (Phi) is 12.8. The van der Waals surface area contributed by atoms with E-state index in [1.165, 1.54) is 14.2 Å². The van der Waals surface area contributed by atoms with Gasteiger partial charge in [-0.2, -0.15) is 0 Å². The molecule has 1 amide bonds. The lowest BCUT2D eigenvalue weighted by Crippen LogP contribution is -2.71. The van der Waals surface area contributed by atoms with Crippen LogP contribution in [-0.2, 0) is 59.7 Å². The summed E-state index contributed by atoms with van der Waals surface area (Å²) in [6.45, 7) is 0.304. The first kappa shape index (κ1) is 35.3. The van der Waals surface area contributed by atoms with Crippen LogP contribution in [0.4, 0.5) is 4.39 Å². The number of hydrogen-bond acceptors (Lipinski definition) is 8. The number of amides is 1. The summed E-state index contributed by atoms with van der Waals surface area (Å²) < 4.78 is 48.1. The van der Waals surface area contributed by atoms with Crippen molar-refractivity contribution in [1.29, 1.82) is 0 Å². The summed E-state index contributed by atoms with van der Waals surface area (Å²) in [5.41, 5.74) is 3.38. The van der Waals surface area contributed by atoms with Crippen molar-refractivity contribution in [2.45, 2.75) is 62.8 Å². The Morgan fingerprint density at radius 3 is 1.60 bits per heavy atom. The van der Waals surface area contributed by atoms with Crippen LogP contribution < -0.4 is 0 Å². The minimum absolute atomic E-state index is 0.0377. The first-order chi connectivity index (χ1) is 23.4. The number of nitrogens with zero attached hydrogens (tertiary/aromatic N) is 1. The Hall–Kier alpha value is -4.00. The van der Waals surface area contributed by atoms with Crippen LogP contribution in [0.25, 0.3) is 0 Å². The molecule has 0 saturated carbocycles. The van der Waals surface area contributed by atoms with Crippen LogP contribution in [0.5, 0.6) is 0 Å². The molecule has 0 aliphatic carbocycles. The van der Waals surface area contributed by atoms with Gasteiger partial charge in [-0.3, -0.25) is 9.63 Å². The van der Waals surface area contributed by atoms with Crippen LogP contribution in [0.15, 0.2) is 121 Å². The third kappa shape index (κ3) is 9.12. The number of rotatable bonds is 16. The number of hydroxylamine groups is 2. The second kappa shape index (κ2) is 17.4. The van der Waals surface area contributed by atoms with Gasteiger partial charge in [-0.25, -0.2) is 9.45 Å². The fraction of sp³-hybridized carbons (Fsp3) is 0.342. The number of aliphatic hydroxyl groups is 1. The first-order valence-corrected chi connectivity index (χ1v) is 15.8. The standard InChI is InChI=1S/C38H42FNO8/c1-40(43-2)37(41)35(39)38(42)36(47-26-31-21-13-6-14-22-31)34(46-25-30-19-11-5-12-20-30)33(45-24-29-17-9-4-10-18-29)32(48-38)27-44-23-28-15-7-3-8-16-28/h3-22,32-36,42H,23-27H2,1-2H3/t32-,33+,34+,35?,36-,38+/m1/s1. The highest BCUT2D eigenvalue weighted by molar-refractivity contribution is 5.80. The Bertz CT molecular complexity index is 1520. The molecular formula is C38H42FNO8. The summed E-state index contributed by atoms with van der Waals surface area (Å²) in [7, 11) is 2.47. The molecule has 0 bridgehead atoms. The number of carbonyl (C=O) groups is 1. The lowest BCUT2D eigenvalue weighted by molar-refractivity contribution is -0.384. The summed E-state index contributed by atoms with van der Waals surface area (Å²) >= 11 is 0. The highest BCUT2D eigenvalue weighted by atomic mass is 19.1. The van der Waals surface area contributed by atoms with E-state index in [0.717, 1.165) is 22.3 Å². The zero-order valence-corrected chi connectivity index (χ0v) is 27.1. The van der Waals surface area contributed by atoms with Crippen molar-refractivity contribution in [3.63, 3.8) is 0 Å². The van der Waals surface area contributed by atoms with Gasteiger partial charge in [0.1, 0.15) is 24.4 Å². The molecule has 4 aromatic rings. The summed E-state index contributed by atoms with van der Waals surface area (Å²) in [6.07, 6.45) is -7.29. The summed E-state index contributed by atoms with van der Waals surface area (Å²) in [5, 5.41) is 12.9. The molecule has 6 atom stereocenters. The third-order valence-electron chi connectivity index (χ3n) is 8.14. The minimum Gasteiger partial charge on any atom is -0.374 e. The Labute approximate surface area is 280 Å². The number of benzene rings is 4. The normalized spacial score (nSPS) is 23.0. The monoisotopic (exact) mass is 659 g/mol. The lowest BCUT2D eigenvalue weighted by Gasteiger charge is -2.51. The van der Waals surface area contributed by atoms with Gasteiger partial charge in [0.25, 0.3) is 5.91 Å². The van der Waals surface area contributed by atoms with Gasteiger partial charge in [0.05, 0.1) is 40.1 Å². The first-order valence-electron chi connectivity index (χ1n) is 15.8. The Balaban J connectivity index is 1.53. The van der Waals surface area contributed by atoms with E-state index in [-0.39, 0.29) is 33.0 Å². The molecule has 0 radical (unpaired) electrons. The molecule has 1 heterocycles. The van der Waals surface area contributed by atoms with Crippen molar-refractivity contribution in [1.82, 2.24) is 5.06 Å². The maximum atomic E-state index is 16.5. The maximum Gasteiger partial charge on any atom is 0.286 e. The molecule has 0 aromatic heterocycles. The molecule has 1 aliphatic rings. The predicted molar refractivity (Wildman–Crippen MR) is 176 cm³/mol. The van der Waals surface area contributed by atoms with Crippen molar-refractivity contribution in [3.8, 4) is 0 Å². The van der Waals surface area contributed by atoms with Crippen LogP contribution >= 0.6 is 0 Å². The molecule has 9 nitrogen and oxygen atoms in total. The van der Waals surface area contributed by atoms with E-state index in [0.29, 0.717) is 5.06 Å². The van der Waals surface area contributed by atoms with Crippen molar-refractivity contribution in [2.75, 3.05) is 20.8 Å². The van der Waals surface area contributed by atoms with E-state index in [9.17, 15) is 9.90 Å². The quantitative estimate of drug-likeness (QED) is 0.160. The lowest BCUT2D eigenvalue weighted by atomic mass is 9.88. The molecule has 0 spiro atoms. The van der Waals surface area contributed by atoms with Gasteiger partial charge < -0.3 is 28.8 Å². The summed E-state index contributed by atoms with van der Waals surface area (Å²) in [6, 6.07) is 37.7. The van der Waals surface area contributed by atoms with Crippen molar-refractivity contribution in [3.05, 3.63) is 144 Å². The summed E-state index contributed by atoms with van der Waals surface area (Å²) in [4.78, 5) is 18.2. The highest BCUT2D eigenvalue weighted by Gasteiger charge is 2.62. The van der Waals surface area contributed by atoms with Crippen molar-refractivity contribution in [2.24, 2.45) is 0 Å². The van der Waals surface area contributed by atoms with E-state index in [2.05, 4.69) is 0 Å². The Morgan fingerprint density at radius 1 is 0.729 bits per heavy atom. The molecule has 1 saturated heterocycles. The second-order valence-electron chi connectivity index (χ2n) is 11.5. The van der Waals surface area contributed by atoms with Gasteiger partial charge in [0.2, 0.25) is 12.0 Å². The fourth-order valence-electron chi connectivity index (χ4n) is 5.51. The van der Waals surface area contributed by atoms with Crippen LogP contribution in [-0.4, -0.2) is 73.2 Å². The number of halogens is 1. The zero-order valence-electron chi connectivity index (χ0n) is 27.1. The highest BCUT2D eigenvalue weighted by Crippen LogP contribution is 2.39. The van der Waals surface area contributed by atoms with Gasteiger partial charge >= 0.3 is 0 Å². The maximum absolute atomic E-state index is 16.5. The van der Waals surface area contributed by atoms with E-state index in [4.69, 9.17) is 28.5 Å². The number of hydrogen-bond donors (Lipinski definition) is 1. The van der Waals surface area contributed by atoms with Gasteiger partial charge in [-0.05, 0) is 22.3 Å². The molecule has 1 fully saturated rings. The zero-order chi connectivity index (χ0) is 33.8. The smallest absolute Gasteiger partial charge is 0.286 e. The number of ether oxygens (including phenoxy) is 5. The number of alkyl halides is 1. The molecule has 10 heteroatoms. The molecule has 5 rings (SSSR count). The molecule has 254 valence electrons. The van der Waals surface area contributed by atoms with Gasteiger partial charge in [0, 0.05) is 7.05 Å². The van der Waals surface area contributed by atoms with Crippen LogP contribution in [0, 0.1) is 0 Å². The van der Waals surface area contributed by atoms with Crippen LogP contribution in [0.3, 0.4) is 0 Å². The molecule has 1 aliphatic heterocycles.